The van der Waals surface area contributed by atoms with Gasteiger partial charge in [0.2, 0.25) is 0 Å². The average Bonchev–Trinajstić information content (AvgIpc) is 3.13. The first-order valence-electron chi connectivity index (χ1n) is 9.82. The fourth-order valence-corrected chi connectivity index (χ4v) is 3.72. The molecule has 0 saturated heterocycles. The summed E-state index contributed by atoms with van der Waals surface area (Å²) in [6.45, 7) is 3.90. The van der Waals surface area contributed by atoms with Crippen molar-refractivity contribution in [2.45, 2.75) is 25.1 Å². The Kier molecular flexibility index (Phi) is 8.29. The second-order valence-electron chi connectivity index (χ2n) is 7.03. The fourth-order valence-electron chi connectivity index (χ4n) is 2.75. The summed E-state index contributed by atoms with van der Waals surface area (Å²) in [5.74, 6) is 1.91. The van der Waals surface area contributed by atoms with Gasteiger partial charge in [-0.25, -0.2) is 5.43 Å². The van der Waals surface area contributed by atoms with Gasteiger partial charge in [0.1, 0.15) is 0 Å². The van der Waals surface area contributed by atoms with Gasteiger partial charge in [-0.3, -0.25) is 4.79 Å². The summed E-state index contributed by atoms with van der Waals surface area (Å²) < 4.78 is 13.9. The van der Waals surface area contributed by atoms with E-state index in [1.54, 1.807) is 19.4 Å². The van der Waals surface area contributed by atoms with Crippen LogP contribution in [0.4, 0.5) is 0 Å². The maximum Gasteiger partial charge on any atom is 0.250 e. The van der Waals surface area contributed by atoms with Crippen LogP contribution in [-0.4, -0.2) is 45.9 Å². The number of hydrazone groups is 1. The molecule has 3 aromatic rings. The number of ether oxygens (including phenoxy) is 2. The number of aromatic nitrogens is 3. The standard InChI is InChI=1S/C22H24BrN5O3S/c1-14(2)31-18-10-5-15(11-19(18)30-4)12-24-25-20(29)13-32-22-27-26-21(28(22)3)16-6-8-17(23)9-7-16/h5-12,14H,13H2,1-4H3,(H,25,29). The van der Waals surface area contributed by atoms with Crippen LogP contribution >= 0.6 is 27.7 Å². The first-order valence-corrected chi connectivity index (χ1v) is 11.6. The summed E-state index contributed by atoms with van der Waals surface area (Å²) in [6, 6.07) is 13.3. The Morgan fingerprint density at radius 3 is 2.66 bits per heavy atom. The molecule has 10 heteroatoms. The van der Waals surface area contributed by atoms with E-state index in [1.807, 2.05) is 61.9 Å². The number of carbonyl (C=O) groups is 1. The molecule has 0 spiro atoms. The number of methoxy groups -OCH3 is 1. The first kappa shape index (κ1) is 23.8. The number of rotatable bonds is 9. The molecular formula is C22H24BrN5O3S. The second-order valence-corrected chi connectivity index (χ2v) is 8.89. The highest BCUT2D eigenvalue weighted by Gasteiger charge is 2.13. The van der Waals surface area contributed by atoms with Gasteiger partial charge in [0.15, 0.2) is 22.5 Å². The Hall–Kier alpha value is -2.85. The minimum Gasteiger partial charge on any atom is -0.493 e. The minimum absolute atomic E-state index is 0.0417. The Bertz CT molecular complexity index is 1100. The predicted octanol–water partition coefficient (Wildman–Crippen LogP) is 4.28. The van der Waals surface area contributed by atoms with Gasteiger partial charge < -0.3 is 14.0 Å². The van der Waals surface area contributed by atoms with Crippen LogP contribution in [0.1, 0.15) is 19.4 Å². The van der Waals surface area contributed by atoms with Crippen molar-refractivity contribution in [2.75, 3.05) is 12.9 Å². The molecule has 0 saturated carbocycles. The van der Waals surface area contributed by atoms with Crippen LogP contribution in [0.25, 0.3) is 11.4 Å². The van der Waals surface area contributed by atoms with Crippen molar-refractivity contribution in [1.82, 2.24) is 20.2 Å². The Balaban J connectivity index is 1.54. The molecule has 0 radical (unpaired) electrons. The minimum atomic E-state index is -0.244. The van der Waals surface area contributed by atoms with Crippen molar-refractivity contribution in [1.29, 1.82) is 0 Å². The summed E-state index contributed by atoms with van der Waals surface area (Å²) in [7, 11) is 3.45. The van der Waals surface area contributed by atoms with Gasteiger partial charge in [-0.2, -0.15) is 5.10 Å². The van der Waals surface area contributed by atoms with Crippen molar-refractivity contribution < 1.29 is 14.3 Å². The van der Waals surface area contributed by atoms with Gasteiger partial charge in [-0.1, -0.05) is 39.8 Å². The third-order valence-electron chi connectivity index (χ3n) is 4.22. The second kappa shape index (κ2) is 11.1. The highest BCUT2D eigenvalue weighted by molar-refractivity contribution is 9.10. The van der Waals surface area contributed by atoms with Crippen molar-refractivity contribution in [3.8, 4) is 22.9 Å². The van der Waals surface area contributed by atoms with Gasteiger partial charge in [0.25, 0.3) is 5.91 Å². The number of carbonyl (C=O) groups excluding carboxylic acids is 1. The monoisotopic (exact) mass is 517 g/mol. The van der Waals surface area contributed by atoms with Crippen molar-refractivity contribution >= 4 is 39.8 Å². The van der Waals surface area contributed by atoms with Gasteiger partial charge >= 0.3 is 0 Å². The predicted molar refractivity (Wildman–Crippen MR) is 129 cm³/mol. The molecule has 0 unspecified atom stereocenters. The van der Waals surface area contributed by atoms with Crippen LogP contribution in [0.15, 0.2) is 57.2 Å². The smallest absolute Gasteiger partial charge is 0.250 e. The van der Waals surface area contributed by atoms with E-state index < -0.39 is 0 Å². The summed E-state index contributed by atoms with van der Waals surface area (Å²) in [6.07, 6.45) is 1.60. The number of amides is 1. The van der Waals surface area contributed by atoms with Gasteiger partial charge in [-0.05, 0) is 49.7 Å². The molecule has 1 N–H and O–H groups in total. The maximum absolute atomic E-state index is 12.2. The molecule has 0 aliphatic carbocycles. The lowest BCUT2D eigenvalue weighted by Crippen LogP contribution is -2.19. The topological polar surface area (TPSA) is 90.6 Å². The Labute approximate surface area is 199 Å². The summed E-state index contributed by atoms with van der Waals surface area (Å²) >= 11 is 4.71. The molecule has 0 bridgehead atoms. The molecule has 0 aliphatic heterocycles. The zero-order valence-corrected chi connectivity index (χ0v) is 20.6. The third kappa shape index (κ3) is 6.33. The van der Waals surface area contributed by atoms with Crippen LogP contribution in [0, 0.1) is 0 Å². The molecule has 8 nitrogen and oxygen atoms in total. The van der Waals surface area contributed by atoms with Gasteiger partial charge in [0.05, 0.1) is 25.2 Å². The van der Waals surface area contributed by atoms with E-state index in [0.717, 1.165) is 21.4 Å². The van der Waals surface area contributed by atoms with Crippen molar-refractivity contribution in [3.63, 3.8) is 0 Å². The molecular weight excluding hydrogens is 494 g/mol. The maximum atomic E-state index is 12.2. The number of thioether (sulfide) groups is 1. The van der Waals surface area contributed by atoms with Gasteiger partial charge in [0, 0.05) is 17.1 Å². The van der Waals surface area contributed by atoms with Crippen LogP contribution in [0.3, 0.4) is 0 Å². The van der Waals surface area contributed by atoms with Gasteiger partial charge in [-0.15, -0.1) is 10.2 Å². The van der Waals surface area contributed by atoms with E-state index in [-0.39, 0.29) is 17.8 Å². The molecule has 1 aromatic heterocycles. The molecule has 0 aliphatic rings. The number of halogens is 1. The molecule has 1 amide bonds. The molecule has 3 rings (SSSR count). The number of hydrogen-bond donors (Lipinski definition) is 1. The van der Waals surface area contributed by atoms with Crippen LogP contribution < -0.4 is 14.9 Å². The molecule has 0 atom stereocenters. The van der Waals surface area contributed by atoms with E-state index in [4.69, 9.17) is 9.47 Å². The summed E-state index contributed by atoms with van der Waals surface area (Å²) in [5.41, 5.74) is 4.25. The molecule has 2 aromatic carbocycles. The zero-order valence-electron chi connectivity index (χ0n) is 18.2. The lowest BCUT2D eigenvalue weighted by atomic mass is 10.2. The highest BCUT2D eigenvalue weighted by Crippen LogP contribution is 2.28. The summed E-state index contributed by atoms with van der Waals surface area (Å²) in [5, 5.41) is 13.1. The number of hydrogen-bond acceptors (Lipinski definition) is 7. The number of benzene rings is 2. The largest absolute Gasteiger partial charge is 0.493 e. The van der Waals surface area contributed by atoms with Crippen LogP contribution in [0.2, 0.25) is 0 Å². The normalized spacial score (nSPS) is 11.2. The van der Waals surface area contributed by atoms with Crippen molar-refractivity contribution in [3.05, 3.63) is 52.5 Å². The summed E-state index contributed by atoms with van der Waals surface area (Å²) in [4.78, 5) is 12.2. The van der Waals surface area contributed by atoms with Crippen LogP contribution in [0.5, 0.6) is 11.5 Å². The lowest BCUT2D eigenvalue weighted by Gasteiger charge is -2.13. The number of nitrogens with zero attached hydrogens (tertiary/aromatic N) is 4. The number of nitrogens with one attached hydrogen (secondary N) is 1. The molecule has 0 fully saturated rings. The molecule has 168 valence electrons. The van der Waals surface area contributed by atoms with E-state index in [1.165, 1.54) is 11.8 Å². The van der Waals surface area contributed by atoms with E-state index in [0.29, 0.717) is 16.7 Å². The highest BCUT2D eigenvalue weighted by atomic mass is 79.9. The first-order chi connectivity index (χ1) is 15.4. The van der Waals surface area contributed by atoms with E-state index >= 15 is 0 Å². The Morgan fingerprint density at radius 2 is 1.97 bits per heavy atom. The third-order valence-corrected chi connectivity index (χ3v) is 5.77. The lowest BCUT2D eigenvalue weighted by molar-refractivity contribution is -0.118. The fraction of sp³-hybridized carbons (Fsp3) is 0.273. The zero-order chi connectivity index (χ0) is 23.1. The average molecular weight is 518 g/mol. The van der Waals surface area contributed by atoms with Crippen molar-refractivity contribution in [2.24, 2.45) is 12.1 Å². The molecule has 1 heterocycles. The SMILES string of the molecule is COc1cc(C=NNC(=O)CSc2nnc(-c3ccc(Br)cc3)n2C)ccc1OC(C)C. The van der Waals surface area contributed by atoms with Crippen LogP contribution in [-0.2, 0) is 11.8 Å². The quantitative estimate of drug-likeness (QED) is 0.258. The Morgan fingerprint density at radius 1 is 1.22 bits per heavy atom. The molecule has 32 heavy (non-hydrogen) atoms. The van der Waals surface area contributed by atoms with E-state index in [9.17, 15) is 4.79 Å². The van der Waals surface area contributed by atoms with E-state index in [2.05, 4.69) is 36.7 Å².